The number of piperidine rings is 1. The van der Waals surface area contributed by atoms with Gasteiger partial charge in [0, 0.05) is 36.8 Å². The van der Waals surface area contributed by atoms with Crippen LogP contribution in [0.5, 0.6) is 0 Å². The van der Waals surface area contributed by atoms with Crippen LogP contribution in [0, 0.1) is 10.1 Å². The van der Waals surface area contributed by atoms with Gasteiger partial charge in [0.15, 0.2) is 0 Å². The van der Waals surface area contributed by atoms with Gasteiger partial charge in [-0.15, -0.1) is 0 Å². The third-order valence-corrected chi connectivity index (χ3v) is 5.99. The van der Waals surface area contributed by atoms with Gasteiger partial charge in [-0.2, -0.15) is 0 Å². The monoisotopic (exact) mass is 403 g/mol. The van der Waals surface area contributed by atoms with Gasteiger partial charge in [-0.25, -0.2) is 13.1 Å². The molecule has 1 unspecified atom stereocenters. The van der Waals surface area contributed by atoms with Crippen LogP contribution in [-0.4, -0.2) is 43.3 Å². The molecule has 0 spiro atoms. The summed E-state index contributed by atoms with van der Waals surface area (Å²) < 4.78 is 27.6. The number of sulfonamides is 1. The molecule has 2 aromatic rings. The Morgan fingerprint density at radius 3 is 2.46 bits per heavy atom. The summed E-state index contributed by atoms with van der Waals surface area (Å²) in [5.74, 6) is -0.381. The maximum Gasteiger partial charge on any atom is 0.269 e. The van der Waals surface area contributed by atoms with Gasteiger partial charge in [0.1, 0.15) is 0 Å². The zero-order valence-electron chi connectivity index (χ0n) is 15.2. The van der Waals surface area contributed by atoms with Crippen LogP contribution in [0.2, 0.25) is 0 Å². The fourth-order valence-electron chi connectivity index (χ4n) is 3.25. The quantitative estimate of drug-likeness (QED) is 0.588. The molecule has 1 fully saturated rings. The molecule has 0 bridgehead atoms. The highest BCUT2D eigenvalue weighted by Gasteiger charge is 2.27. The number of nitrogens with zero attached hydrogens (tertiary/aromatic N) is 2. The lowest BCUT2D eigenvalue weighted by Gasteiger charge is -2.33. The lowest BCUT2D eigenvalue weighted by atomic mass is 10.1. The number of carbonyl (C=O) groups is 1. The maximum atomic E-state index is 12.6. The molecule has 148 valence electrons. The summed E-state index contributed by atoms with van der Waals surface area (Å²) in [5, 5.41) is 10.7. The highest BCUT2D eigenvalue weighted by Crippen LogP contribution is 2.17. The third kappa shape index (κ3) is 5.14. The van der Waals surface area contributed by atoms with Crippen LogP contribution in [-0.2, 0) is 15.8 Å². The zero-order chi connectivity index (χ0) is 20.1. The fourth-order valence-corrected chi connectivity index (χ4v) is 4.66. The SMILES string of the molecule is O=C(c1ccccc1)N1CCCC(NS(=O)(=O)Cc2ccc([N+](=O)[O-])cc2)C1. The number of rotatable bonds is 6. The summed E-state index contributed by atoms with van der Waals surface area (Å²) in [6.07, 6.45) is 1.36. The number of amides is 1. The lowest BCUT2D eigenvalue weighted by Crippen LogP contribution is -2.49. The van der Waals surface area contributed by atoms with Crippen LogP contribution in [0.3, 0.4) is 0 Å². The molecule has 0 aromatic heterocycles. The molecule has 9 heteroatoms. The minimum absolute atomic E-state index is 0.0866. The summed E-state index contributed by atoms with van der Waals surface area (Å²) >= 11 is 0. The largest absolute Gasteiger partial charge is 0.337 e. The molecule has 1 aliphatic heterocycles. The van der Waals surface area contributed by atoms with E-state index < -0.39 is 14.9 Å². The van der Waals surface area contributed by atoms with Crippen LogP contribution in [0.4, 0.5) is 5.69 Å². The van der Waals surface area contributed by atoms with Crippen molar-refractivity contribution in [3.8, 4) is 0 Å². The zero-order valence-corrected chi connectivity index (χ0v) is 16.0. The minimum atomic E-state index is -3.64. The average Bonchev–Trinajstić information content (AvgIpc) is 2.68. The number of likely N-dealkylation sites (tertiary alicyclic amines) is 1. The molecule has 1 amide bonds. The highest BCUT2D eigenvalue weighted by atomic mass is 32.2. The number of non-ortho nitro benzene ring substituents is 1. The summed E-state index contributed by atoms with van der Waals surface area (Å²) in [4.78, 5) is 24.4. The van der Waals surface area contributed by atoms with E-state index in [-0.39, 0.29) is 23.4 Å². The van der Waals surface area contributed by atoms with Gasteiger partial charge in [0.2, 0.25) is 10.0 Å². The van der Waals surface area contributed by atoms with Crippen molar-refractivity contribution in [3.63, 3.8) is 0 Å². The molecule has 0 saturated carbocycles. The number of benzene rings is 2. The minimum Gasteiger partial charge on any atom is -0.337 e. The Bertz CT molecular complexity index is 945. The Labute approximate surface area is 163 Å². The van der Waals surface area contributed by atoms with Crippen LogP contribution >= 0.6 is 0 Å². The van der Waals surface area contributed by atoms with E-state index in [4.69, 9.17) is 0 Å². The summed E-state index contributed by atoms with van der Waals surface area (Å²) in [5.41, 5.74) is 0.958. The molecule has 1 N–H and O–H groups in total. The van der Waals surface area contributed by atoms with E-state index in [9.17, 15) is 23.3 Å². The van der Waals surface area contributed by atoms with E-state index in [1.54, 1.807) is 29.2 Å². The van der Waals surface area contributed by atoms with E-state index in [1.807, 2.05) is 6.07 Å². The van der Waals surface area contributed by atoms with Gasteiger partial charge in [-0.05, 0) is 30.5 Å². The number of hydrogen-bond donors (Lipinski definition) is 1. The van der Waals surface area contributed by atoms with Crippen molar-refractivity contribution in [1.82, 2.24) is 9.62 Å². The number of nitro groups is 1. The molecular weight excluding hydrogens is 382 g/mol. The van der Waals surface area contributed by atoms with Gasteiger partial charge >= 0.3 is 0 Å². The van der Waals surface area contributed by atoms with Crippen LogP contribution in [0.15, 0.2) is 54.6 Å². The van der Waals surface area contributed by atoms with Crippen LogP contribution < -0.4 is 4.72 Å². The Morgan fingerprint density at radius 1 is 1.14 bits per heavy atom. The molecule has 2 aromatic carbocycles. The van der Waals surface area contributed by atoms with Crippen molar-refractivity contribution in [2.24, 2.45) is 0 Å². The second-order valence-electron chi connectivity index (χ2n) is 6.76. The fraction of sp³-hybridized carbons (Fsp3) is 0.316. The first-order valence-corrected chi connectivity index (χ1v) is 10.6. The maximum absolute atomic E-state index is 12.6. The van der Waals surface area contributed by atoms with E-state index in [1.165, 1.54) is 24.3 Å². The second kappa shape index (κ2) is 8.49. The van der Waals surface area contributed by atoms with Crippen molar-refractivity contribution in [3.05, 3.63) is 75.8 Å². The average molecular weight is 403 g/mol. The third-order valence-electron chi connectivity index (χ3n) is 4.58. The van der Waals surface area contributed by atoms with E-state index in [0.29, 0.717) is 37.1 Å². The molecule has 1 aliphatic rings. The molecular formula is C19H21N3O5S. The van der Waals surface area contributed by atoms with E-state index in [0.717, 1.165) is 0 Å². The predicted molar refractivity (Wildman–Crippen MR) is 104 cm³/mol. The smallest absolute Gasteiger partial charge is 0.269 e. The van der Waals surface area contributed by atoms with Crippen LogP contribution in [0.1, 0.15) is 28.8 Å². The van der Waals surface area contributed by atoms with Gasteiger partial charge in [0.05, 0.1) is 10.7 Å². The van der Waals surface area contributed by atoms with Crippen molar-refractivity contribution in [2.45, 2.75) is 24.6 Å². The molecule has 1 heterocycles. The normalized spacial score (nSPS) is 17.3. The predicted octanol–water partition coefficient (Wildman–Crippen LogP) is 2.32. The first-order chi connectivity index (χ1) is 13.3. The number of nitrogens with one attached hydrogen (secondary N) is 1. The molecule has 8 nitrogen and oxygen atoms in total. The Hall–Kier alpha value is -2.78. The topological polar surface area (TPSA) is 110 Å². The van der Waals surface area contributed by atoms with Gasteiger partial charge < -0.3 is 4.90 Å². The number of carbonyl (C=O) groups excluding carboxylic acids is 1. The van der Waals surface area contributed by atoms with Crippen LogP contribution in [0.25, 0.3) is 0 Å². The Morgan fingerprint density at radius 2 is 1.82 bits per heavy atom. The van der Waals surface area contributed by atoms with Crippen molar-refractivity contribution in [1.29, 1.82) is 0 Å². The van der Waals surface area contributed by atoms with Crippen molar-refractivity contribution >= 4 is 21.6 Å². The molecule has 1 saturated heterocycles. The van der Waals surface area contributed by atoms with Gasteiger partial charge in [0.25, 0.3) is 11.6 Å². The van der Waals surface area contributed by atoms with E-state index in [2.05, 4.69) is 4.72 Å². The first kappa shape index (κ1) is 20.0. The van der Waals surface area contributed by atoms with Gasteiger partial charge in [-0.3, -0.25) is 14.9 Å². The molecule has 0 aliphatic carbocycles. The van der Waals surface area contributed by atoms with E-state index >= 15 is 0 Å². The number of nitro benzene ring substituents is 1. The lowest BCUT2D eigenvalue weighted by molar-refractivity contribution is -0.384. The van der Waals surface area contributed by atoms with Crippen molar-refractivity contribution in [2.75, 3.05) is 13.1 Å². The summed E-state index contributed by atoms with van der Waals surface area (Å²) in [6, 6.07) is 14.0. The standard InChI is InChI=1S/C19H21N3O5S/c23-19(16-5-2-1-3-6-16)21-12-4-7-17(13-21)20-28(26,27)14-15-8-10-18(11-9-15)22(24)25/h1-3,5-6,8-11,17,20H,4,7,12-14H2. The second-order valence-corrected chi connectivity index (χ2v) is 8.51. The highest BCUT2D eigenvalue weighted by molar-refractivity contribution is 7.88. The summed E-state index contributed by atoms with van der Waals surface area (Å²) in [6.45, 7) is 0.904. The molecule has 0 radical (unpaired) electrons. The first-order valence-electron chi connectivity index (χ1n) is 8.92. The van der Waals surface area contributed by atoms with Gasteiger partial charge in [-0.1, -0.05) is 30.3 Å². The summed E-state index contributed by atoms with van der Waals surface area (Å²) in [7, 11) is -3.64. The molecule has 1 atom stereocenters. The Kier molecular flexibility index (Phi) is 6.05. The molecule has 3 rings (SSSR count). The Balaban J connectivity index is 1.61. The molecule has 28 heavy (non-hydrogen) atoms. The number of hydrogen-bond acceptors (Lipinski definition) is 5. The van der Waals surface area contributed by atoms with Crippen molar-refractivity contribution < 1.29 is 18.1 Å².